The van der Waals surface area contributed by atoms with Crippen LogP contribution in [0.3, 0.4) is 0 Å². The Balaban J connectivity index is 1.61. The van der Waals surface area contributed by atoms with Gasteiger partial charge in [-0.2, -0.15) is 0 Å². The number of hydrogen-bond acceptors (Lipinski definition) is 4. The average molecular weight is 388 g/mol. The van der Waals surface area contributed by atoms with E-state index < -0.39 is 11.5 Å². The minimum Gasteiger partial charge on any atom is -0.447 e. The number of carbonyl (C=O) groups is 2. The van der Waals surface area contributed by atoms with Crippen molar-refractivity contribution in [3.05, 3.63) is 96.1 Å². The second-order valence-electron chi connectivity index (χ2n) is 6.71. The Morgan fingerprint density at radius 1 is 0.897 bits per heavy atom. The van der Waals surface area contributed by atoms with Gasteiger partial charge in [0.15, 0.2) is 5.60 Å². The van der Waals surface area contributed by atoms with Gasteiger partial charge in [-0.1, -0.05) is 60.7 Å². The van der Waals surface area contributed by atoms with Crippen molar-refractivity contribution in [1.82, 2.24) is 0 Å². The zero-order valence-electron chi connectivity index (χ0n) is 15.6. The van der Waals surface area contributed by atoms with Crippen LogP contribution >= 0.6 is 0 Å². The smallest absolute Gasteiger partial charge is 0.414 e. The first-order valence-electron chi connectivity index (χ1n) is 9.28. The molecule has 0 spiro atoms. The molecule has 1 saturated heterocycles. The van der Waals surface area contributed by atoms with Crippen LogP contribution in [0, 0.1) is 0 Å². The summed E-state index contributed by atoms with van der Waals surface area (Å²) in [6, 6.07) is 24.5. The first kappa shape index (κ1) is 18.7. The van der Waals surface area contributed by atoms with Crippen LogP contribution in [0.15, 0.2) is 84.9 Å². The minimum atomic E-state index is -1.85. The van der Waals surface area contributed by atoms with Crippen LogP contribution in [-0.4, -0.2) is 30.3 Å². The Morgan fingerprint density at radius 2 is 1.45 bits per heavy atom. The topological polar surface area (TPSA) is 78.9 Å². The van der Waals surface area contributed by atoms with Gasteiger partial charge in [-0.3, -0.25) is 9.69 Å². The lowest BCUT2D eigenvalue weighted by molar-refractivity contribution is -0.131. The largest absolute Gasteiger partial charge is 0.447 e. The molecule has 2 N–H and O–H groups in total. The standard InChI is InChI=1S/C23H20N2O4/c26-21(24-19-11-13-20(14-12-19)25-15-16-29-22(25)27)23(28,17-7-3-1-4-8-17)18-9-5-2-6-10-18/h1-14,28H,15-16H2,(H,24,26). The first-order chi connectivity index (χ1) is 14.1. The van der Waals surface area contributed by atoms with Crippen LogP contribution in [0.2, 0.25) is 0 Å². The van der Waals surface area contributed by atoms with Gasteiger partial charge in [0.2, 0.25) is 0 Å². The lowest BCUT2D eigenvalue weighted by Crippen LogP contribution is -2.41. The van der Waals surface area contributed by atoms with Gasteiger partial charge < -0.3 is 15.2 Å². The fourth-order valence-corrected chi connectivity index (χ4v) is 3.36. The number of amides is 2. The van der Waals surface area contributed by atoms with Crippen molar-refractivity contribution in [1.29, 1.82) is 0 Å². The monoisotopic (exact) mass is 388 g/mol. The Morgan fingerprint density at radius 3 is 1.93 bits per heavy atom. The zero-order chi connectivity index (χ0) is 20.3. The number of cyclic esters (lactones) is 1. The van der Waals surface area contributed by atoms with Gasteiger partial charge in [0.25, 0.3) is 5.91 Å². The summed E-state index contributed by atoms with van der Waals surface area (Å²) in [7, 11) is 0. The van der Waals surface area contributed by atoms with E-state index >= 15 is 0 Å². The van der Waals surface area contributed by atoms with Gasteiger partial charge in [-0.15, -0.1) is 0 Å². The summed E-state index contributed by atoms with van der Waals surface area (Å²) in [5.41, 5.74) is 0.295. The fourth-order valence-electron chi connectivity index (χ4n) is 3.36. The van der Waals surface area contributed by atoms with Crippen LogP contribution in [0.1, 0.15) is 11.1 Å². The van der Waals surface area contributed by atoms with Crippen molar-refractivity contribution in [3.8, 4) is 0 Å². The van der Waals surface area contributed by atoms with E-state index in [1.165, 1.54) is 4.90 Å². The van der Waals surface area contributed by atoms with Crippen LogP contribution in [0.5, 0.6) is 0 Å². The fraction of sp³-hybridized carbons (Fsp3) is 0.130. The van der Waals surface area contributed by atoms with Gasteiger partial charge in [-0.25, -0.2) is 4.79 Å². The van der Waals surface area contributed by atoms with Gasteiger partial charge >= 0.3 is 6.09 Å². The molecule has 1 heterocycles. The van der Waals surface area contributed by atoms with E-state index in [-0.39, 0.29) is 6.09 Å². The van der Waals surface area contributed by atoms with Gasteiger partial charge in [0.1, 0.15) is 6.61 Å². The summed E-state index contributed by atoms with van der Waals surface area (Å²) in [4.78, 5) is 26.4. The SMILES string of the molecule is O=C1OCCN1c1ccc(NC(=O)C(O)(c2ccccc2)c2ccccc2)cc1. The molecule has 0 radical (unpaired) electrons. The van der Waals surface area contributed by atoms with Crippen molar-refractivity contribution in [2.24, 2.45) is 0 Å². The van der Waals surface area contributed by atoms with E-state index in [4.69, 9.17) is 4.74 Å². The lowest BCUT2D eigenvalue weighted by Gasteiger charge is -2.28. The molecule has 0 aromatic heterocycles. The van der Waals surface area contributed by atoms with Crippen LogP contribution in [0.25, 0.3) is 0 Å². The molecule has 1 aliphatic rings. The van der Waals surface area contributed by atoms with Crippen molar-refractivity contribution in [2.45, 2.75) is 5.60 Å². The predicted octanol–water partition coefficient (Wildman–Crippen LogP) is 3.52. The Kier molecular flexibility index (Phi) is 5.01. The molecule has 0 saturated carbocycles. The summed E-state index contributed by atoms with van der Waals surface area (Å²) < 4.78 is 4.94. The number of anilines is 2. The maximum atomic E-state index is 13.2. The Labute approximate surface area is 168 Å². The molecule has 1 fully saturated rings. The lowest BCUT2D eigenvalue weighted by atomic mass is 9.85. The molecular formula is C23H20N2O4. The highest BCUT2D eigenvalue weighted by molar-refractivity contribution is 6.00. The van der Waals surface area contributed by atoms with Crippen molar-refractivity contribution in [2.75, 3.05) is 23.4 Å². The molecule has 2 amide bonds. The van der Waals surface area contributed by atoms with Crippen molar-refractivity contribution < 1.29 is 19.4 Å². The number of rotatable bonds is 5. The predicted molar refractivity (Wildman–Crippen MR) is 110 cm³/mol. The third-order valence-corrected chi connectivity index (χ3v) is 4.91. The van der Waals surface area contributed by atoms with E-state index in [0.29, 0.717) is 35.7 Å². The number of nitrogens with one attached hydrogen (secondary N) is 1. The second-order valence-corrected chi connectivity index (χ2v) is 6.71. The zero-order valence-corrected chi connectivity index (χ0v) is 15.6. The molecule has 146 valence electrons. The molecule has 0 atom stereocenters. The maximum absolute atomic E-state index is 13.2. The van der Waals surface area contributed by atoms with Crippen molar-refractivity contribution >= 4 is 23.4 Å². The Bertz CT molecular complexity index is 965. The van der Waals surface area contributed by atoms with Crippen LogP contribution in [0.4, 0.5) is 16.2 Å². The molecule has 6 heteroatoms. The molecular weight excluding hydrogens is 368 g/mol. The molecule has 3 aromatic rings. The quantitative estimate of drug-likeness (QED) is 0.701. The number of carbonyl (C=O) groups excluding carboxylic acids is 2. The summed E-state index contributed by atoms with van der Waals surface area (Å²) in [6.45, 7) is 0.852. The average Bonchev–Trinajstić information content (AvgIpc) is 3.20. The third-order valence-electron chi connectivity index (χ3n) is 4.91. The van der Waals surface area contributed by atoms with E-state index in [1.807, 2.05) is 12.1 Å². The molecule has 3 aromatic carbocycles. The first-order valence-corrected chi connectivity index (χ1v) is 9.28. The number of ether oxygens (including phenoxy) is 1. The normalized spacial score (nSPS) is 13.8. The molecule has 6 nitrogen and oxygen atoms in total. The van der Waals surface area contributed by atoms with Gasteiger partial charge in [-0.05, 0) is 35.4 Å². The number of benzene rings is 3. The van der Waals surface area contributed by atoms with E-state index in [0.717, 1.165) is 0 Å². The highest BCUT2D eigenvalue weighted by Gasteiger charge is 2.39. The van der Waals surface area contributed by atoms with Crippen molar-refractivity contribution in [3.63, 3.8) is 0 Å². The third kappa shape index (κ3) is 3.58. The summed E-state index contributed by atoms with van der Waals surface area (Å²) in [6.07, 6.45) is -0.385. The highest BCUT2D eigenvalue weighted by Crippen LogP contribution is 2.31. The van der Waals surface area contributed by atoms with Gasteiger partial charge in [0, 0.05) is 11.4 Å². The molecule has 0 bridgehead atoms. The van der Waals surface area contributed by atoms with E-state index in [9.17, 15) is 14.7 Å². The molecule has 29 heavy (non-hydrogen) atoms. The Hall–Kier alpha value is -3.64. The minimum absolute atomic E-state index is 0.360. The van der Waals surface area contributed by atoms with Crippen LogP contribution in [-0.2, 0) is 15.1 Å². The maximum Gasteiger partial charge on any atom is 0.414 e. The summed E-state index contributed by atoms with van der Waals surface area (Å²) >= 11 is 0. The summed E-state index contributed by atoms with van der Waals surface area (Å²) in [5.74, 6) is -0.566. The van der Waals surface area contributed by atoms with Gasteiger partial charge in [0.05, 0.1) is 6.54 Å². The number of aliphatic hydroxyl groups is 1. The number of hydrogen-bond donors (Lipinski definition) is 2. The van der Waals surface area contributed by atoms with Crippen LogP contribution < -0.4 is 10.2 Å². The highest BCUT2D eigenvalue weighted by atomic mass is 16.6. The molecule has 0 aliphatic carbocycles. The molecule has 1 aliphatic heterocycles. The van der Waals surface area contributed by atoms with E-state index in [1.54, 1.807) is 72.8 Å². The second kappa shape index (κ2) is 7.77. The summed E-state index contributed by atoms with van der Waals surface area (Å²) in [5, 5.41) is 14.2. The van der Waals surface area contributed by atoms with E-state index in [2.05, 4.69) is 5.32 Å². The number of nitrogens with zero attached hydrogens (tertiary/aromatic N) is 1. The molecule has 4 rings (SSSR count). The molecule has 0 unspecified atom stereocenters.